The number of hydrogen-bond acceptors (Lipinski definition) is 8. The molecule has 332 valence electrons. The first-order valence-corrected chi connectivity index (χ1v) is 23.7. The third kappa shape index (κ3) is 43.0. The summed E-state index contributed by atoms with van der Waals surface area (Å²) >= 11 is 0. The maximum absolute atomic E-state index is 12.6. The average molecular weight is 833 g/mol. The van der Waals surface area contributed by atoms with E-state index in [1.54, 1.807) is 0 Å². The minimum absolute atomic E-state index is 0.0253. The van der Waals surface area contributed by atoms with Crippen LogP contribution in [0.3, 0.4) is 0 Å². The molecule has 0 aliphatic carbocycles. The number of phosphoric ester groups is 1. The van der Waals surface area contributed by atoms with Gasteiger partial charge in [-0.05, 0) is 89.9 Å². The molecule has 0 spiro atoms. The van der Waals surface area contributed by atoms with Gasteiger partial charge in [0.25, 0.3) is 0 Å². The molecule has 58 heavy (non-hydrogen) atoms. The second-order valence-corrected chi connectivity index (χ2v) is 15.8. The lowest BCUT2D eigenvalue weighted by Gasteiger charge is -2.20. The number of rotatable bonds is 41. The molecule has 0 amide bonds. The van der Waals surface area contributed by atoms with E-state index >= 15 is 0 Å². The van der Waals surface area contributed by atoms with Gasteiger partial charge in [-0.2, -0.15) is 0 Å². The number of aliphatic hydroxyl groups excluding tert-OH is 2. The van der Waals surface area contributed by atoms with E-state index in [4.69, 9.17) is 23.6 Å². The predicted molar refractivity (Wildman–Crippen MR) is 242 cm³/mol. The van der Waals surface area contributed by atoms with Gasteiger partial charge in [0.2, 0.25) is 0 Å². The zero-order chi connectivity index (χ0) is 42.5. The Kier molecular flexibility index (Phi) is 42.0. The van der Waals surface area contributed by atoms with Gasteiger partial charge in [-0.25, -0.2) is 4.57 Å². The fraction of sp³-hybridized carbons (Fsp3) is 0.646. The summed E-state index contributed by atoms with van der Waals surface area (Å²) in [6, 6.07) is 0. The summed E-state index contributed by atoms with van der Waals surface area (Å²) in [7, 11) is -4.53. The van der Waals surface area contributed by atoms with Crippen molar-refractivity contribution >= 4 is 13.8 Å². The number of allylic oxidation sites excluding steroid dienone is 16. The Morgan fingerprint density at radius 3 is 1.40 bits per heavy atom. The van der Waals surface area contributed by atoms with Gasteiger partial charge < -0.3 is 24.6 Å². The molecular weight excluding hydrogens is 751 g/mol. The molecule has 0 bridgehead atoms. The van der Waals surface area contributed by atoms with Crippen molar-refractivity contribution in [1.82, 2.24) is 0 Å². The smallest absolute Gasteiger partial charge is 0.457 e. The van der Waals surface area contributed by atoms with Crippen LogP contribution >= 0.6 is 7.82 Å². The van der Waals surface area contributed by atoms with Crippen LogP contribution in [0.2, 0.25) is 0 Å². The number of carbonyl (C=O) groups is 1. The van der Waals surface area contributed by atoms with Crippen molar-refractivity contribution in [2.24, 2.45) is 0 Å². The number of esters is 1. The molecule has 0 aromatic carbocycles. The summed E-state index contributed by atoms with van der Waals surface area (Å²) < 4.78 is 33.4. The standard InChI is InChI=1S/C48H81O9P/c1-3-5-7-9-11-13-15-17-19-20-21-22-23-24-25-27-29-31-33-35-37-39-41-54-44-47(45-56-58(52,53)55-43-46(50)42-49)57-48(51)40-38-36-34-32-30-28-26-18-16-14-12-10-8-6-4-2/h5-8,11-14,17-19,21-22,24-26,46-47,49-50H,3-4,9-10,15-16,20,23,27-45H2,1-2H3,(H,52,53)/b7-5-,8-6-,13-11-,14-12-,19-17-,22-21-,25-24-,26-18-. The van der Waals surface area contributed by atoms with Crippen molar-refractivity contribution in [2.75, 3.05) is 33.0 Å². The van der Waals surface area contributed by atoms with Gasteiger partial charge in [-0.15, -0.1) is 0 Å². The summed E-state index contributed by atoms with van der Waals surface area (Å²) in [6.07, 6.45) is 55.1. The fourth-order valence-corrected chi connectivity index (χ4v) is 6.24. The normalized spacial score (nSPS) is 14.9. The van der Waals surface area contributed by atoms with Crippen LogP contribution in [0.25, 0.3) is 0 Å². The molecule has 0 aromatic rings. The molecule has 0 rings (SSSR count). The van der Waals surface area contributed by atoms with Gasteiger partial charge in [0.05, 0.1) is 26.4 Å². The summed E-state index contributed by atoms with van der Waals surface area (Å²) in [5, 5.41) is 18.4. The molecule has 0 aromatic heterocycles. The van der Waals surface area contributed by atoms with Gasteiger partial charge in [0.1, 0.15) is 12.2 Å². The van der Waals surface area contributed by atoms with Crippen LogP contribution in [0.1, 0.15) is 155 Å². The number of aliphatic hydroxyl groups is 2. The zero-order valence-corrected chi connectivity index (χ0v) is 37.1. The highest BCUT2D eigenvalue weighted by Crippen LogP contribution is 2.43. The zero-order valence-electron chi connectivity index (χ0n) is 36.2. The molecule has 0 fully saturated rings. The number of phosphoric acid groups is 1. The highest BCUT2D eigenvalue weighted by molar-refractivity contribution is 7.47. The summed E-state index contributed by atoms with van der Waals surface area (Å²) in [6.45, 7) is 3.20. The van der Waals surface area contributed by atoms with Gasteiger partial charge in [-0.1, -0.05) is 156 Å². The van der Waals surface area contributed by atoms with Crippen LogP contribution in [0.15, 0.2) is 97.2 Å². The lowest BCUT2D eigenvalue weighted by atomic mass is 10.1. The van der Waals surface area contributed by atoms with E-state index < -0.39 is 45.8 Å². The van der Waals surface area contributed by atoms with Crippen molar-refractivity contribution in [1.29, 1.82) is 0 Å². The van der Waals surface area contributed by atoms with Crippen molar-refractivity contribution in [3.05, 3.63) is 97.2 Å². The molecule has 0 aliphatic heterocycles. The van der Waals surface area contributed by atoms with Crippen molar-refractivity contribution in [3.63, 3.8) is 0 Å². The van der Waals surface area contributed by atoms with Crippen LogP contribution in [0, 0.1) is 0 Å². The Morgan fingerprint density at radius 2 is 0.931 bits per heavy atom. The van der Waals surface area contributed by atoms with Crippen LogP contribution in [0.5, 0.6) is 0 Å². The van der Waals surface area contributed by atoms with E-state index in [1.807, 2.05) is 0 Å². The monoisotopic (exact) mass is 833 g/mol. The van der Waals surface area contributed by atoms with Crippen molar-refractivity contribution in [3.8, 4) is 0 Å². The first-order chi connectivity index (χ1) is 28.3. The quantitative estimate of drug-likeness (QED) is 0.0238. The minimum atomic E-state index is -4.53. The molecule has 3 atom stereocenters. The van der Waals surface area contributed by atoms with E-state index in [9.17, 15) is 19.4 Å². The van der Waals surface area contributed by atoms with Gasteiger partial charge in [0.15, 0.2) is 0 Å². The van der Waals surface area contributed by atoms with Gasteiger partial charge >= 0.3 is 13.8 Å². The van der Waals surface area contributed by atoms with E-state index in [2.05, 4.69) is 111 Å². The largest absolute Gasteiger partial charge is 0.472 e. The highest BCUT2D eigenvalue weighted by Gasteiger charge is 2.26. The third-order valence-corrected chi connectivity index (χ3v) is 9.72. The lowest BCUT2D eigenvalue weighted by molar-refractivity contribution is -0.154. The molecule has 3 N–H and O–H groups in total. The molecule has 0 heterocycles. The molecular formula is C48H81O9P. The lowest BCUT2D eigenvalue weighted by Crippen LogP contribution is -2.29. The molecule has 0 aliphatic rings. The Hall–Kier alpha value is -2.62. The van der Waals surface area contributed by atoms with E-state index in [0.717, 1.165) is 109 Å². The van der Waals surface area contributed by atoms with Gasteiger partial charge in [-0.3, -0.25) is 13.8 Å². The summed E-state index contributed by atoms with van der Waals surface area (Å²) in [5.74, 6) is -0.410. The molecule has 9 nitrogen and oxygen atoms in total. The molecule has 0 saturated heterocycles. The highest BCUT2D eigenvalue weighted by atomic mass is 31.2. The molecule has 0 saturated carbocycles. The van der Waals surface area contributed by atoms with Crippen LogP contribution in [0.4, 0.5) is 0 Å². The minimum Gasteiger partial charge on any atom is -0.457 e. The topological polar surface area (TPSA) is 132 Å². The van der Waals surface area contributed by atoms with Gasteiger partial charge in [0, 0.05) is 13.0 Å². The van der Waals surface area contributed by atoms with Crippen molar-refractivity contribution < 1.29 is 43.0 Å². The Bertz CT molecular complexity index is 1220. The molecule has 3 unspecified atom stereocenters. The van der Waals surface area contributed by atoms with E-state index in [1.165, 1.54) is 19.3 Å². The third-order valence-electron chi connectivity index (χ3n) is 8.77. The van der Waals surface area contributed by atoms with Crippen molar-refractivity contribution in [2.45, 2.75) is 167 Å². The number of unbranched alkanes of at least 4 members (excludes halogenated alkanes) is 11. The molecule has 10 heteroatoms. The van der Waals surface area contributed by atoms with E-state index in [0.29, 0.717) is 13.0 Å². The van der Waals surface area contributed by atoms with Crippen LogP contribution in [-0.2, 0) is 27.9 Å². The maximum atomic E-state index is 12.6. The van der Waals surface area contributed by atoms with Crippen LogP contribution in [-0.4, -0.2) is 66.3 Å². The Labute approximate surface area is 353 Å². The Balaban J connectivity index is 4.22. The second-order valence-electron chi connectivity index (χ2n) is 14.3. The maximum Gasteiger partial charge on any atom is 0.472 e. The fourth-order valence-electron chi connectivity index (χ4n) is 5.45. The second kappa shape index (κ2) is 43.9. The number of ether oxygens (including phenoxy) is 2. The molecule has 0 radical (unpaired) electrons. The van der Waals surface area contributed by atoms with Crippen LogP contribution < -0.4 is 0 Å². The first kappa shape index (κ1) is 55.4. The number of carbonyl (C=O) groups excluding carboxylic acids is 1. The average Bonchev–Trinajstić information content (AvgIpc) is 3.21. The predicted octanol–water partition coefficient (Wildman–Crippen LogP) is 12.5. The SMILES string of the molecule is CC/C=C\C/C=C\C/C=C\C/C=C\C/C=C\CCCCCCCCOCC(COP(=O)(O)OCC(O)CO)OC(=O)CCCCCCC/C=C\C/C=C\C/C=C\CC. The Morgan fingerprint density at radius 1 is 0.534 bits per heavy atom. The first-order valence-electron chi connectivity index (χ1n) is 22.2. The summed E-state index contributed by atoms with van der Waals surface area (Å²) in [4.78, 5) is 22.6. The van der Waals surface area contributed by atoms with E-state index in [-0.39, 0.29) is 13.0 Å². The number of hydrogen-bond donors (Lipinski definition) is 3. The summed E-state index contributed by atoms with van der Waals surface area (Å²) in [5.41, 5.74) is 0.